The van der Waals surface area contributed by atoms with E-state index in [-0.39, 0.29) is 56.4 Å². The largest absolute Gasteiger partial charge is 0.459 e. The summed E-state index contributed by atoms with van der Waals surface area (Å²) in [7, 11) is -1.64. The number of hydrogen-bond acceptors (Lipinski definition) is 12. The number of fused-ring (bicyclic) bond motifs is 6. The van der Waals surface area contributed by atoms with Crippen molar-refractivity contribution in [3.63, 3.8) is 0 Å². The quantitative estimate of drug-likeness (QED) is 0.239. The lowest BCUT2D eigenvalue weighted by Crippen LogP contribution is -2.69. The highest BCUT2D eigenvalue weighted by Crippen LogP contribution is 2.60. The number of Topliss-reactive ketones (excluding diaryl/α,β-unsaturated/α-hetero) is 2. The van der Waals surface area contributed by atoms with Gasteiger partial charge in [-0.3, -0.25) is 24.0 Å². The Hall–Kier alpha value is -2.02. The Bertz CT molecular complexity index is 1170. The molecule has 6 heterocycles. The van der Waals surface area contributed by atoms with Gasteiger partial charge in [-0.1, -0.05) is 30.3 Å². The van der Waals surface area contributed by atoms with E-state index in [1.54, 1.807) is 24.3 Å². The molecule has 13 heteroatoms. The average Bonchev–Trinajstić information content (AvgIpc) is 3.03. The second-order valence-corrected chi connectivity index (χ2v) is 14.9. The van der Waals surface area contributed by atoms with Gasteiger partial charge in [-0.2, -0.15) is 0 Å². The van der Waals surface area contributed by atoms with E-state index in [0.717, 1.165) is 31.2 Å². The maximum absolute atomic E-state index is 14.9. The van der Waals surface area contributed by atoms with Crippen LogP contribution in [-0.2, 0) is 48.8 Å². The number of hydrogen-bond donors (Lipinski definition) is 1. The molecule has 0 amide bonds. The van der Waals surface area contributed by atoms with Crippen LogP contribution in [0.2, 0.25) is 0 Å². The Kier molecular flexibility index (Phi) is 9.61. The van der Waals surface area contributed by atoms with Crippen LogP contribution in [0, 0.1) is 11.8 Å². The third kappa shape index (κ3) is 5.77. The van der Waals surface area contributed by atoms with Crippen molar-refractivity contribution in [2.45, 2.75) is 55.6 Å². The first-order valence-electron chi connectivity index (χ1n) is 15.0. The van der Waals surface area contributed by atoms with Gasteiger partial charge in [0, 0.05) is 26.1 Å². The normalized spacial score (nSPS) is 34.5. The first-order chi connectivity index (χ1) is 20.5. The summed E-state index contributed by atoms with van der Waals surface area (Å²) in [6, 6.07) is 9.02. The third-order valence-electron chi connectivity index (χ3n) is 9.77. The van der Waals surface area contributed by atoms with Gasteiger partial charge in [0.2, 0.25) is 5.28 Å². The molecule has 6 aliphatic heterocycles. The van der Waals surface area contributed by atoms with Crippen molar-refractivity contribution >= 4 is 25.1 Å². The van der Waals surface area contributed by atoms with Crippen LogP contribution < -0.4 is 5.73 Å². The number of ether oxygens (including phenoxy) is 3. The summed E-state index contributed by atoms with van der Waals surface area (Å²) in [5, 5.41) is -2.26. The van der Waals surface area contributed by atoms with Crippen molar-refractivity contribution in [1.29, 1.82) is 0 Å². The molecule has 4 bridgehead atoms. The van der Waals surface area contributed by atoms with Crippen molar-refractivity contribution in [1.82, 2.24) is 9.80 Å². The Morgan fingerprint density at radius 2 is 1.30 bits per heavy atom. The van der Waals surface area contributed by atoms with Gasteiger partial charge in [-0.25, -0.2) is 4.79 Å². The van der Waals surface area contributed by atoms with Gasteiger partial charge in [0.15, 0.2) is 11.6 Å². The van der Waals surface area contributed by atoms with E-state index < -0.39 is 29.9 Å². The fraction of sp³-hybridized carbons (Fsp3) is 0.700. The summed E-state index contributed by atoms with van der Waals surface area (Å²) in [6.07, 6.45) is 2.93. The van der Waals surface area contributed by atoms with Crippen molar-refractivity contribution in [2.24, 2.45) is 17.6 Å². The minimum absolute atomic E-state index is 0.0175. The zero-order valence-electron chi connectivity index (χ0n) is 25.3. The molecule has 1 aromatic rings. The van der Waals surface area contributed by atoms with E-state index in [2.05, 4.69) is 0 Å². The van der Waals surface area contributed by atoms with Gasteiger partial charge in [0.05, 0.1) is 26.4 Å². The molecule has 2 unspecified atom stereocenters. The van der Waals surface area contributed by atoms with Crippen LogP contribution in [0.3, 0.4) is 0 Å². The van der Waals surface area contributed by atoms with Gasteiger partial charge in [-0.05, 0) is 64.3 Å². The summed E-state index contributed by atoms with van der Waals surface area (Å²) in [4.78, 5) is 44.7. The maximum Gasteiger partial charge on any atom is 0.361 e. The van der Waals surface area contributed by atoms with Gasteiger partial charge in [0.1, 0.15) is 17.7 Å². The maximum atomic E-state index is 14.9. The fourth-order valence-corrected chi connectivity index (χ4v) is 8.76. The molecule has 1 aromatic carbocycles. The smallest absolute Gasteiger partial charge is 0.361 e. The Labute approximate surface area is 253 Å². The van der Waals surface area contributed by atoms with Crippen LogP contribution in [0.25, 0.3) is 0 Å². The molecule has 6 aliphatic rings. The highest BCUT2D eigenvalue weighted by atomic mass is 31.2. The molecule has 12 nitrogen and oxygen atoms in total. The van der Waals surface area contributed by atoms with Gasteiger partial charge < -0.3 is 29.0 Å². The molecule has 0 spiro atoms. The van der Waals surface area contributed by atoms with Crippen LogP contribution >= 0.6 is 7.60 Å². The van der Waals surface area contributed by atoms with Crippen LogP contribution in [0.15, 0.2) is 30.3 Å². The second-order valence-electron chi connectivity index (χ2n) is 12.4. The molecule has 0 saturated carbocycles. The van der Waals surface area contributed by atoms with E-state index in [9.17, 15) is 18.9 Å². The number of rotatable bonds is 14. The number of methoxy groups -OCH3 is 2. The predicted molar refractivity (Wildman–Crippen MR) is 156 cm³/mol. The summed E-state index contributed by atoms with van der Waals surface area (Å²) in [5.41, 5.74) is 4.86. The number of esters is 1. The molecule has 0 aliphatic carbocycles. The van der Waals surface area contributed by atoms with E-state index in [1.807, 2.05) is 15.9 Å². The number of ketones is 2. The molecular weight excluding hydrogens is 577 g/mol. The van der Waals surface area contributed by atoms with E-state index >= 15 is 0 Å². The molecule has 43 heavy (non-hydrogen) atoms. The topological polar surface area (TPSA) is 147 Å². The Balaban J connectivity index is 1.44. The van der Waals surface area contributed by atoms with Gasteiger partial charge in [-0.15, -0.1) is 0 Å². The van der Waals surface area contributed by atoms with Crippen LogP contribution in [-0.4, -0.2) is 111 Å². The lowest BCUT2D eigenvalue weighted by atomic mass is 9.74. The summed E-state index contributed by atoms with van der Waals surface area (Å²) >= 11 is 0. The monoisotopic (exact) mass is 621 g/mol. The zero-order valence-corrected chi connectivity index (χ0v) is 26.2. The molecular formula is C30H44N3O9P. The zero-order chi connectivity index (χ0) is 30.9. The van der Waals surface area contributed by atoms with Crippen LogP contribution in [0.1, 0.15) is 38.2 Å². The molecule has 0 aromatic heterocycles. The number of piperidine rings is 6. The molecule has 238 valence electrons. The molecule has 7 rings (SSSR count). The highest BCUT2D eigenvalue weighted by molar-refractivity contribution is 7.56. The molecule has 3 atom stereocenters. The minimum atomic E-state index is -4.63. The number of carbonyl (C=O) groups excluding carboxylic acids is 3. The van der Waals surface area contributed by atoms with E-state index in [0.29, 0.717) is 26.2 Å². The van der Waals surface area contributed by atoms with Gasteiger partial charge in [0.25, 0.3) is 0 Å². The van der Waals surface area contributed by atoms with Crippen LogP contribution in [0.4, 0.5) is 0 Å². The summed E-state index contributed by atoms with van der Waals surface area (Å²) in [6.45, 7) is 3.11. The van der Waals surface area contributed by atoms with Gasteiger partial charge >= 0.3 is 13.6 Å². The minimum Gasteiger partial charge on any atom is -0.459 e. The predicted octanol–water partition coefficient (Wildman–Crippen LogP) is 1.99. The fourth-order valence-electron chi connectivity index (χ4n) is 7.09. The lowest BCUT2D eigenvalue weighted by Gasteiger charge is -2.53. The standard InChI is InChI=1S/C30H44N3O9P/c1-28(31,27(36)40-17-22-7-5-4-6-8-22)43(37,41-20-29(18-38-2)25(34)23-9-13-32(29)14-10-23)42-21-30(19-39-3)26(35)24-11-15-33(30)16-12-24/h4-8,23-24H,9-21,31H2,1-3H3/t28-,29?,30?,43?/m1/s1. The number of carbonyl (C=O) groups is 3. The van der Waals surface area contributed by atoms with Crippen molar-refractivity contribution < 1.29 is 42.2 Å². The second kappa shape index (κ2) is 12.8. The molecule has 0 radical (unpaired) electrons. The van der Waals surface area contributed by atoms with E-state index in [4.69, 9.17) is 29.0 Å². The highest BCUT2D eigenvalue weighted by Gasteiger charge is 2.60. The number of benzene rings is 1. The van der Waals surface area contributed by atoms with Crippen LogP contribution in [0.5, 0.6) is 0 Å². The third-order valence-corrected chi connectivity index (χ3v) is 12.0. The molecule has 2 N–H and O–H groups in total. The molecule has 6 saturated heterocycles. The first kappa shape index (κ1) is 32.4. The summed E-state index contributed by atoms with van der Waals surface area (Å²) in [5.74, 6) is -1.40. The van der Waals surface area contributed by atoms with Crippen molar-refractivity contribution in [2.75, 3.05) is 66.8 Å². The van der Waals surface area contributed by atoms with Crippen molar-refractivity contribution in [3.05, 3.63) is 35.9 Å². The first-order valence-corrected chi connectivity index (χ1v) is 16.5. The van der Waals surface area contributed by atoms with Crippen molar-refractivity contribution in [3.8, 4) is 0 Å². The lowest BCUT2D eigenvalue weighted by molar-refractivity contribution is -0.159. The van der Waals surface area contributed by atoms with E-state index in [1.165, 1.54) is 21.1 Å². The Morgan fingerprint density at radius 3 is 1.70 bits per heavy atom. The molecule has 6 fully saturated rings. The average molecular weight is 622 g/mol. The SMILES string of the molecule is COCC1(COP(=O)(OCC2(COC)C(=O)C3CCN2CC3)[C@@](C)(N)C(=O)OCc2ccccc2)C(=O)C2CCN1CC2. The number of nitrogens with zero attached hydrogens (tertiary/aromatic N) is 2. The summed E-state index contributed by atoms with van der Waals surface area (Å²) < 4.78 is 43.6. The number of nitrogens with two attached hydrogens (primary N) is 1. The Morgan fingerprint density at radius 1 is 0.860 bits per heavy atom.